The second-order valence-electron chi connectivity index (χ2n) is 3.03. The number of aryl methyl sites for hydroxylation is 1. The van der Waals surface area contributed by atoms with E-state index in [2.05, 4.69) is 29.4 Å². The Bertz CT molecular complexity index is 246. The Hall–Kier alpha value is -0.480. The lowest BCUT2D eigenvalue weighted by molar-refractivity contribution is 0.519. The fraction of sp³-hybridized carbons (Fsp3) is 0.750. The van der Waals surface area contributed by atoms with E-state index in [-0.39, 0.29) is 0 Å². The first-order valence-electron chi connectivity index (χ1n) is 4.12. The van der Waals surface area contributed by atoms with Gasteiger partial charge in [-0.25, -0.2) is 0 Å². The fourth-order valence-corrected chi connectivity index (χ4v) is 1.82. The van der Waals surface area contributed by atoms with Gasteiger partial charge in [0.1, 0.15) is 10.0 Å². The molecule has 68 valence electrons. The first-order chi connectivity index (χ1) is 5.65. The topological polar surface area (TPSA) is 37.8 Å². The Balaban J connectivity index is 2.70. The van der Waals surface area contributed by atoms with E-state index in [0.29, 0.717) is 12.0 Å². The lowest BCUT2D eigenvalue weighted by atomic mass is 10.1. The normalized spacial score (nSPS) is 16.0. The predicted molar refractivity (Wildman–Crippen MR) is 51.6 cm³/mol. The molecule has 0 aliphatic carbocycles. The second-order valence-corrected chi connectivity index (χ2v) is 4.24. The number of nitrogens with one attached hydrogen (secondary N) is 1. The summed E-state index contributed by atoms with van der Waals surface area (Å²) in [7, 11) is 1.97. The maximum Gasteiger partial charge on any atom is 0.121 e. The van der Waals surface area contributed by atoms with Crippen LogP contribution in [-0.2, 0) is 0 Å². The van der Waals surface area contributed by atoms with Gasteiger partial charge >= 0.3 is 0 Å². The van der Waals surface area contributed by atoms with Gasteiger partial charge in [-0.3, -0.25) is 0 Å². The van der Waals surface area contributed by atoms with Crippen LogP contribution in [0, 0.1) is 6.92 Å². The van der Waals surface area contributed by atoms with E-state index in [1.54, 1.807) is 11.3 Å². The molecule has 4 heteroatoms. The van der Waals surface area contributed by atoms with Crippen LogP contribution >= 0.6 is 11.3 Å². The highest BCUT2D eigenvalue weighted by atomic mass is 32.1. The summed E-state index contributed by atoms with van der Waals surface area (Å²) in [6.45, 7) is 6.31. The molecule has 2 atom stereocenters. The standard InChI is InChI=1S/C8H15N3S/c1-5(6(2)9-4)8-11-10-7(3)12-8/h5-6,9H,1-4H3. The van der Waals surface area contributed by atoms with Crippen LogP contribution in [0.3, 0.4) is 0 Å². The monoisotopic (exact) mass is 185 g/mol. The molecule has 1 aromatic heterocycles. The van der Waals surface area contributed by atoms with Gasteiger partial charge in [-0.05, 0) is 20.9 Å². The molecule has 0 spiro atoms. The Morgan fingerprint density at radius 3 is 2.42 bits per heavy atom. The van der Waals surface area contributed by atoms with E-state index < -0.39 is 0 Å². The van der Waals surface area contributed by atoms with Crippen molar-refractivity contribution in [3.05, 3.63) is 10.0 Å². The number of hydrogen-bond acceptors (Lipinski definition) is 4. The summed E-state index contributed by atoms with van der Waals surface area (Å²) in [5.74, 6) is 0.446. The minimum Gasteiger partial charge on any atom is -0.317 e. The van der Waals surface area contributed by atoms with Crippen LogP contribution in [0.15, 0.2) is 0 Å². The van der Waals surface area contributed by atoms with Gasteiger partial charge in [0.25, 0.3) is 0 Å². The summed E-state index contributed by atoms with van der Waals surface area (Å²) in [4.78, 5) is 0. The first-order valence-corrected chi connectivity index (χ1v) is 4.94. The molecule has 0 aliphatic heterocycles. The number of aromatic nitrogens is 2. The second kappa shape index (κ2) is 3.96. The number of nitrogens with zero attached hydrogens (tertiary/aromatic N) is 2. The maximum atomic E-state index is 4.11. The molecule has 3 nitrogen and oxygen atoms in total. The average Bonchev–Trinajstić information content (AvgIpc) is 2.49. The molecule has 1 N–H and O–H groups in total. The van der Waals surface area contributed by atoms with Crippen molar-refractivity contribution >= 4 is 11.3 Å². The van der Waals surface area contributed by atoms with Gasteiger partial charge < -0.3 is 5.32 Å². The molecule has 1 rings (SSSR count). The van der Waals surface area contributed by atoms with Gasteiger partial charge in [-0.2, -0.15) is 0 Å². The van der Waals surface area contributed by atoms with Gasteiger partial charge in [0.05, 0.1) is 0 Å². The molecule has 1 aromatic rings. The Labute approximate surface area is 77.2 Å². The fourth-order valence-electron chi connectivity index (χ4n) is 0.960. The number of rotatable bonds is 3. The summed E-state index contributed by atoms with van der Waals surface area (Å²) in [5, 5.41) is 13.5. The lowest BCUT2D eigenvalue weighted by Gasteiger charge is -2.15. The summed E-state index contributed by atoms with van der Waals surface area (Å²) in [5.41, 5.74) is 0. The molecule has 0 bridgehead atoms. The van der Waals surface area contributed by atoms with Gasteiger partial charge in [-0.15, -0.1) is 21.5 Å². The quantitative estimate of drug-likeness (QED) is 0.776. The van der Waals surface area contributed by atoms with Crippen molar-refractivity contribution in [1.29, 1.82) is 0 Å². The van der Waals surface area contributed by atoms with Crippen LogP contribution in [0.1, 0.15) is 29.8 Å². The van der Waals surface area contributed by atoms with Crippen LogP contribution < -0.4 is 5.32 Å². The van der Waals surface area contributed by atoms with Crippen molar-refractivity contribution in [2.45, 2.75) is 32.7 Å². The molecule has 0 fully saturated rings. The summed E-state index contributed by atoms with van der Waals surface area (Å²) >= 11 is 1.68. The molecule has 0 saturated heterocycles. The Kier molecular flexibility index (Phi) is 3.17. The van der Waals surface area contributed by atoms with Gasteiger partial charge in [0.15, 0.2) is 0 Å². The smallest absolute Gasteiger partial charge is 0.121 e. The van der Waals surface area contributed by atoms with E-state index in [1.165, 1.54) is 0 Å². The van der Waals surface area contributed by atoms with Crippen molar-refractivity contribution < 1.29 is 0 Å². The average molecular weight is 185 g/mol. The van der Waals surface area contributed by atoms with Gasteiger partial charge in [0.2, 0.25) is 0 Å². The van der Waals surface area contributed by atoms with Crippen molar-refractivity contribution in [2.24, 2.45) is 0 Å². The molecule has 0 radical (unpaired) electrons. The molecule has 12 heavy (non-hydrogen) atoms. The molecule has 1 heterocycles. The van der Waals surface area contributed by atoms with Crippen molar-refractivity contribution in [3.8, 4) is 0 Å². The van der Waals surface area contributed by atoms with Crippen molar-refractivity contribution in [1.82, 2.24) is 15.5 Å². The Morgan fingerprint density at radius 2 is 2.00 bits per heavy atom. The zero-order valence-electron chi connectivity index (χ0n) is 7.96. The molecular weight excluding hydrogens is 170 g/mol. The maximum absolute atomic E-state index is 4.11. The number of hydrogen-bond donors (Lipinski definition) is 1. The lowest BCUT2D eigenvalue weighted by Crippen LogP contribution is -2.27. The molecular formula is C8H15N3S. The highest BCUT2D eigenvalue weighted by molar-refractivity contribution is 7.11. The summed E-state index contributed by atoms with van der Waals surface area (Å²) in [6, 6.07) is 0.456. The van der Waals surface area contributed by atoms with E-state index in [1.807, 2.05) is 14.0 Å². The highest BCUT2D eigenvalue weighted by Crippen LogP contribution is 2.21. The predicted octanol–water partition coefficient (Wildman–Crippen LogP) is 1.56. The van der Waals surface area contributed by atoms with E-state index >= 15 is 0 Å². The molecule has 0 aliphatic rings. The SMILES string of the molecule is CNC(C)C(C)c1nnc(C)s1. The van der Waals surface area contributed by atoms with Gasteiger partial charge in [0, 0.05) is 12.0 Å². The van der Waals surface area contributed by atoms with Crippen LogP contribution in [-0.4, -0.2) is 23.3 Å². The third-order valence-corrected chi connectivity index (χ3v) is 3.18. The van der Waals surface area contributed by atoms with E-state index in [9.17, 15) is 0 Å². The summed E-state index contributed by atoms with van der Waals surface area (Å²) < 4.78 is 0. The molecule has 0 amide bonds. The molecule has 2 unspecified atom stereocenters. The summed E-state index contributed by atoms with van der Waals surface area (Å²) in [6.07, 6.45) is 0. The molecule has 0 saturated carbocycles. The zero-order valence-corrected chi connectivity index (χ0v) is 8.77. The third-order valence-electron chi connectivity index (χ3n) is 2.14. The first kappa shape index (κ1) is 9.61. The molecule has 0 aromatic carbocycles. The van der Waals surface area contributed by atoms with Crippen LogP contribution in [0.2, 0.25) is 0 Å². The van der Waals surface area contributed by atoms with E-state index in [4.69, 9.17) is 0 Å². The van der Waals surface area contributed by atoms with E-state index in [0.717, 1.165) is 10.0 Å². The van der Waals surface area contributed by atoms with Crippen LogP contribution in [0.25, 0.3) is 0 Å². The van der Waals surface area contributed by atoms with Crippen molar-refractivity contribution in [3.63, 3.8) is 0 Å². The Morgan fingerprint density at radius 1 is 1.33 bits per heavy atom. The third kappa shape index (κ3) is 2.01. The van der Waals surface area contributed by atoms with Crippen LogP contribution in [0.5, 0.6) is 0 Å². The minimum absolute atomic E-state index is 0.446. The zero-order chi connectivity index (χ0) is 9.14. The van der Waals surface area contributed by atoms with Crippen molar-refractivity contribution in [2.75, 3.05) is 7.05 Å². The minimum atomic E-state index is 0.446. The highest BCUT2D eigenvalue weighted by Gasteiger charge is 2.15. The van der Waals surface area contributed by atoms with Crippen LogP contribution in [0.4, 0.5) is 0 Å². The number of likely N-dealkylation sites (N-methyl/N-ethyl adjacent to an activating group) is 1. The largest absolute Gasteiger partial charge is 0.317 e. The van der Waals surface area contributed by atoms with Gasteiger partial charge in [-0.1, -0.05) is 6.92 Å².